The van der Waals surface area contributed by atoms with Crippen LogP contribution in [0.4, 0.5) is 5.69 Å². The van der Waals surface area contributed by atoms with Gasteiger partial charge in [-0.1, -0.05) is 34.5 Å². The molecule has 2 aromatic rings. The van der Waals surface area contributed by atoms with Crippen molar-refractivity contribution in [3.63, 3.8) is 0 Å². The molecular weight excluding hydrogens is 320 g/mol. The number of benzene rings is 1. The zero-order valence-electron chi connectivity index (χ0n) is 9.34. The number of aromatic nitrogens is 1. The van der Waals surface area contributed by atoms with Crippen molar-refractivity contribution in [3.8, 4) is 0 Å². The van der Waals surface area contributed by atoms with Gasteiger partial charge in [-0.05, 0) is 30.2 Å². The molecule has 0 saturated carbocycles. The maximum Gasteiger partial charge on any atom is 0.183 e. The zero-order chi connectivity index (χ0) is 12.3. The molecule has 1 N–H and O–H groups in total. The molecular formula is C12H12BrClN2S. The van der Waals surface area contributed by atoms with Crippen molar-refractivity contribution in [3.05, 3.63) is 43.8 Å². The van der Waals surface area contributed by atoms with Gasteiger partial charge in [0, 0.05) is 21.2 Å². The van der Waals surface area contributed by atoms with Crippen LogP contribution >= 0.6 is 38.9 Å². The molecule has 2 nitrogen and oxygen atoms in total. The van der Waals surface area contributed by atoms with Gasteiger partial charge in [0.25, 0.3) is 0 Å². The highest BCUT2D eigenvalue weighted by Crippen LogP contribution is 2.23. The summed E-state index contributed by atoms with van der Waals surface area (Å²) >= 11 is 10.8. The van der Waals surface area contributed by atoms with E-state index in [2.05, 4.69) is 45.3 Å². The Balaban J connectivity index is 2.08. The van der Waals surface area contributed by atoms with Gasteiger partial charge < -0.3 is 5.32 Å². The summed E-state index contributed by atoms with van der Waals surface area (Å²) in [5, 5.41) is 3.41. The van der Waals surface area contributed by atoms with E-state index in [9.17, 15) is 0 Å². The van der Waals surface area contributed by atoms with Gasteiger partial charge in [0.2, 0.25) is 0 Å². The number of rotatable bonds is 4. The number of nitrogens with one attached hydrogen (secondary N) is 1. The van der Waals surface area contributed by atoms with E-state index < -0.39 is 0 Å². The summed E-state index contributed by atoms with van der Waals surface area (Å²) in [7, 11) is 0. The van der Waals surface area contributed by atoms with E-state index in [4.69, 9.17) is 11.6 Å². The van der Waals surface area contributed by atoms with Crippen LogP contribution in [-0.2, 0) is 13.0 Å². The average molecular weight is 332 g/mol. The topological polar surface area (TPSA) is 24.9 Å². The Morgan fingerprint density at radius 1 is 1.47 bits per heavy atom. The summed E-state index contributed by atoms with van der Waals surface area (Å²) in [5.74, 6) is 0. The predicted molar refractivity (Wildman–Crippen MR) is 78.0 cm³/mol. The number of hydrogen-bond donors (Lipinski definition) is 1. The van der Waals surface area contributed by atoms with Gasteiger partial charge in [-0.3, -0.25) is 0 Å². The van der Waals surface area contributed by atoms with E-state index in [1.807, 2.05) is 12.3 Å². The van der Waals surface area contributed by atoms with E-state index in [1.54, 1.807) is 0 Å². The first-order chi connectivity index (χ1) is 8.19. The molecule has 0 aliphatic heterocycles. The molecule has 0 fully saturated rings. The minimum Gasteiger partial charge on any atom is -0.380 e. The number of thiazole rings is 1. The van der Waals surface area contributed by atoms with Crippen LogP contribution in [0.3, 0.4) is 0 Å². The molecule has 0 unspecified atom stereocenters. The summed E-state index contributed by atoms with van der Waals surface area (Å²) in [4.78, 5) is 5.16. The van der Waals surface area contributed by atoms with Crippen LogP contribution in [-0.4, -0.2) is 4.98 Å². The molecule has 0 bridgehead atoms. The Bertz CT molecular complexity index is 513. The minimum atomic E-state index is 0.591. The molecule has 0 saturated heterocycles. The number of nitrogens with zero attached hydrogens (tertiary/aromatic N) is 1. The smallest absolute Gasteiger partial charge is 0.183 e. The van der Waals surface area contributed by atoms with Crippen molar-refractivity contribution < 1.29 is 0 Å². The molecule has 0 radical (unpaired) electrons. The van der Waals surface area contributed by atoms with E-state index in [-0.39, 0.29) is 0 Å². The Morgan fingerprint density at radius 3 is 2.94 bits per heavy atom. The molecule has 90 valence electrons. The van der Waals surface area contributed by atoms with Crippen molar-refractivity contribution in [2.75, 3.05) is 5.32 Å². The van der Waals surface area contributed by atoms with Crippen LogP contribution in [0.25, 0.3) is 0 Å². The highest BCUT2D eigenvalue weighted by Gasteiger charge is 2.03. The molecule has 0 atom stereocenters. The lowest BCUT2D eigenvalue weighted by Crippen LogP contribution is -2.00. The van der Waals surface area contributed by atoms with Crippen LogP contribution in [0.15, 0.2) is 28.9 Å². The van der Waals surface area contributed by atoms with Crippen LogP contribution in [0, 0.1) is 0 Å². The SMILES string of the molecule is CCc1cc(Br)ccc1NCc1cnc(Cl)s1. The monoisotopic (exact) mass is 330 g/mol. The van der Waals surface area contributed by atoms with Gasteiger partial charge in [-0.2, -0.15) is 0 Å². The Morgan fingerprint density at radius 2 is 2.29 bits per heavy atom. The third-order valence-electron chi connectivity index (χ3n) is 2.43. The highest BCUT2D eigenvalue weighted by molar-refractivity contribution is 9.10. The van der Waals surface area contributed by atoms with Gasteiger partial charge >= 0.3 is 0 Å². The van der Waals surface area contributed by atoms with Gasteiger partial charge in [-0.15, -0.1) is 11.3 Å². The molecule has 0 spiro atoms. The van der Waals surface area contributed by atoms with Crippen molar-refractivity contribution in [1.82, 2.24) is 4.98 Å². The second-order valence-corrected chi connectivity index (χ2v) is 6.20. The van der Waals surface area contributed by atoms with Crippen molar-refractivity contribution in [1.29, 1.82) is 0 Å². The molecule has 1 aromatic heterocycles. The first kappa shape index (κ1) is 12.9. The normalized spacial score (nSPS) is 10.5. The summed E-state index contributed by atoms with van der Waals surface area (Å²) in [5.41, 5.74) is 2.47. The summed E-state index contributed by atoms with van der Waals surface area (Å²) < 4.78 is 1.70. The molecule has 2 rings (SSSR count). The van der Waals surface area contributed by atoms with Gasteiger partial charge in [0.15, 0.2) is 4.47 Å². The van der Waals surface area contributed by atoms with Crippen LogP contribution in [0.1, 0.15) is 17.4 Å². The fraction of sp³-hybridized carbons (Fsp3) is 0.250. The lowest BCUT2D eigenvalue weighted by Gasteiger charge is -2.10. The van der Waals surface area contributed by atoms with E-state index in [0.29, 0.717) is 4.47 Å². The van der Waals surface area contributed by atoms with Crippen LogP contribution < -0.4 is 5.32 Å². The maximum absolute atomic E-state index is 5.79. The van der Waals surface area contributed by atoms with E-state index in [1.165, 1.54) is 22.6 Å². The first-order valence-electron chi connectivity index (χ1n) is 5.31. The lowest BCUT2D eigenvalue weighted by molar-refractivity contribution is 1.10. The fourth-order valence-electron chi connectivity index (χ4n) is 1.57. The van der Waals surface area contributed by atoms with Gasteiger partial charge in [0.1, 0.15) is 0 Å². The molecule has 0 amide bonds. The second-order valence-electron chi connectivity index (χ2n) is 3.59. The molecule has 0 aliphatic carbocycles. The van der Waals surface area contributed by atoms with Gasteiger partial charge in [-0.25, -0.2) is 4.98 Å². The quantitative estimate of drug-likeness (QED) is 0.875. The van der Waals surface area contributed by atoms with Gasteiger partial charge in [0.05, 0.1) is 6.54 Å². The summed E-state index contributed by atoms with van der Waals surface area (Å²) in [6.07, 6.45) is 2.82. The zero-order valence-corrected chi connectivity index (χ0v) is 12.5. The number of halogens is 2. The molecule has 0 aliphatic rings. The largest absolute Gasteiger partial charge is 0.380 e. The number of hydrogen-bond acceptors (Lipinski definition) is 3. The van der Waals surface area contributed by atoms with E-state index in [0.717, 1.165) is 22.3 Å². The lowest BCUT2D eigenvalue weighted by atomic mass is 10.1. The Kier molecular flexibility index (Phi) is 4.42. The second kappa shape index (κ2) is 5.85. The first-order valence-corrected chi connectivity index (χ1v) is 7.30. The molecule has 1 aromatic carbocycles. The minimum absolute atomic E-state index is 0.591. The Labute approximate surface area is 118 Å². The standard InChI is InChI=1S/C12H12BrClN2S/c1-2-8-5-9(13)3-4-11(8)15-6-10-7-16-12(14)17-10/h3-5,7,15H,2,6H2,1H3. The van der Waals surface area contributed by atoms with Crippen LogP contribution in [0.5, 0.6) is 0 Å². The maximum atomic E-state index is 5.79. The number of aryl methyl sites for hydroxylation is 1. The summed E-state index contributed by atoms with van der Waals surface area (Å²) in [6, 6.07) is 6.27. The third-order valence-corrected chi connectivity index (χ3v) is 4.03. The highest BCUT2D eigenvalue weighted by atomic mass is 79.9. The van der Waals surface area contributed by atoms with E-state index >= 15 is 0 Å². The van der Waals surface area contributed by atoms with Crippen molar-refractivity contribution >= 4 is 44.6 Å². The Hall–Kier alpha value is -0.580. The average Bonchev–Trinajstić information content (AvgIpc) is 2.73. The molecule has 5 heteroatoms. The molecule has 17 heavy (non-hydrogen) atoms. The number of anilines is 1. The third kappa shape index (κ3) is 3.44. The van der Waals surface area contributed by atoms with Crippen molar-refractivity contribution in [2.24, 2.45) is 0 Å². The van der Waals surface area contributed by atoms with Crippen LogP contribution in [0.2, 0.25) is 4.47 Å². The van der Waals surface area contributed by atoms with Crippen molar-refractivity contribution in [2.45, 2.75) is 19.9 Å². The summed E-state index contributed by atoms with van der Waals surface area (Å²) in [6.45, 7) is 2.91. The predicted octanol–water partition coefficient (Wildman–Crippen LogP) is 4.73. The fourth-order valence-corrected chi connectivity index (χ4v) is 2.90. The molecule has 1 heterocycles.